The molecule has 11 heavy (non-hydrogen) atoms. The zero-order chi connectivity index (χ0) is 8.53. The van der Waals surface area contributed by atoms with Crippen LogP contribution < -0.4 is 0 Å². The second-order valence-corrected chi connectivity index (χ2v) is 2.17. The van der Waals surface area contributed by atoms with E-state index >= 15 is 0 Å². The van der Waals surface area contributed by atoms with E-state index in [0.717, 1.165) is 12.8 Å². The van der Waals surface area contributed by atoms with Crippen LogP contribution in [0.2, 0.25) is 0 Å². The van der Waals surface area contributed by atoms with Gasteiger partial charge in [-0.25, -0.2) is 4.79 Å². The number of carbonyl (C=O) groups is 1. The predicted octanol–water partition coefficient (Wildman–Crippen LogP) is 1.44. The molecule has 64 valence electrons. The van der Waals surface area contributed by atoms with E-state index in [9.17, 15) is 4.79 Å². The number of carboxylic acids is 1. The van der Waals surface area contributed by atoms with Gasteiger partial charge in [0.15, 0.2) is 0 Å². The molecule has 0 amide bonds. The summed E-state index contributed by atoms with van der Waals surface area (Å²) in [6, 6.07) is 0. The van der Waals surface area contributed by atoms with Gasteiger partial charge in [0.05, 0.1) is 6.61 Å². The molecular weight excluding hydrogens is 144 g/mol. The van der Waals surface area contributed by atoms with E-state index in [4.69, 9.17) is 9.84 Å². The highest BCUT2D eigenvalue weighted by Gasteiger charge is 1.91. The molecule has 0 aromatic carbocycles. The molecular formula is C8H14O3. The van der Waals surface area contributed by atoms with Crippen molar-refractivity contribution < 1.29 is 14.6 Å². The van der Waals surface area contributed by atoms with Crippen molar-refractivity contribution >= 4 is 5.97 Å². The Balaban J connectivity index is 3.07. The molecule has 1 N–H and O–H groups in total. The average Bonchev–Trinajstić information content (AvgIpc) is 1.96. The summed E-state index contributed by atoms with van der Waals surface area (Å²) in [5.74, 6) is -0.922. The summed E-state index contributed by atoms with van der Waals surface area (Å²) in [7, 11) is 0. The summed E-state index contributed by atoms with van der Waals surface area (Å²) < 4.78 is 4.76. The maximum atomic E-state index is 9.94. The first-order valence-electron chi connectivity index (χ1n) is 3.72. The molecule has 0 saturated carbocycles. The number of unbranched alkanes of at least 4 members (excludes halogenated alkanes) is 1. The van der Waals surface area contributed by atoms with Crippen LogP contribution in [-0.2, 0) is 9.53 Å². The summed E-state index contributed by atoms with van der Waals surface area (Å²) >= 11 is 0. The van der Waals surface area contributed by atoms with E-state index in [2.05, 4.69) is 6.92 Å². The van der Waals surface area contributed by atoms with Gasteiger partial charge in [-0.2, -0.15) is 0 Å². The van der Waals surface area contributed by atoms with E-state index in [1.165, 1.54) is 0 Å². The van der Waals surface area contributed by atoms with Crippen LogP contribution in [0, 0.1) is 0 Å². The lowest BCUT2D eigenvalue weighted by molar-refractivity contribution is -0.141. The molecule has 0 heterocycles. The lowest BCUT2D eigenvalue weighted by Gasteiger charge is -1.93. The van der Waals surface area contributed by atoms with Crippen molar-refractivity contribution in [2.75, 3.05) is 13.2 Å². The van der Waals surface area contributed by atoms with Crippen LogP contribution >= 0.6 is 0 Å². The van der Waals surface area contributed by atoms with Crippen LogP contribution in [-0.4, -0.2) is 24.3 Å². The second-order valence-electron chi connectivity index (χ2n) is 2.17. The van der Waals surface area contributed by atoms with Gasteiger partial charge in [-0.3, -0.25) is 0 Å². The normalized spacial score (nSPS) is 10.6. The largest absolute Gasteiger partial charge is 0.480 e. The Morgan fingerprint density at radius 2 is 2.27 bits per heavy atom. The third-order valence-electron chi connectivity index (χ3n) is 1.06. The molecule has 0 aromatic heterocycles. The van der Waals surface area contributed by atoms with Gasteiger partial charge in [0.2, 0.25) is 0 Å². The van der Waals surface area contributed by atoms with Crippen molar-refractivity contribution in [3.05, 3.63) is 12.2 Å². The predicted molar refractivity (Wildman–Crippen MR) is 42.5 cm³/mol. The third kappa shape index (κ3) is 9.17. The van der Waals surface area contributed by atoms with Crippen molar-refractivity contribution in [3.8, 4) is 0 Å². The monoisotopic (exact) mass is 158 g/mol. The number of aliphatic carboxylic acids is 1. The fourth-order valence-electron chi connectivity index (χ4n) is 0.567. The van der Waals surface area contributed by atoms with Crippen molar-refractivity contribution in [1.82, 2.24) is 0 Å². The molecule has 0 radical (unpaired) electrons. The van der Waals surface area contributed by atoms with Crippen LogP contribution in [0.15, 0.2) is 12.2 Å². The zero-order valence-electron chi connectivity index (χ0n) is 6.75. The van der Waals surface area contributed by atoms with Gasteiger partial charge < -0.3 is 9.84 Å². The number of carboxylic acid groups (broad SMARTS) is 1. The highest BCUT2D eigenvalue weighted by molar-refractivity contribution is 5.67. The van der Waals surface area contributed by atoms with Gasteiger partial charge in [-0.15, -0.1) is 0 Å². The molecule has 0 aliphatic rings. The SMILES string of the molecule is CCC/C=C/COCC(=O)O. The first-order valence-corrected chi connectivity index (χ1v) is 3.72. The molecule has 0 unspecified atom stereocenters. The van der Waals surface area contributed by atoms with Gasteiger partial charge in [0.25, 0.3) is 0 Å². The Hall–Kier alpha value is -0.830. The quantitative estimate of drug-likeness (QED) is 0.470. The number of hydrogen-bond donors (Lipinski definition) is 1. The number of rotatable bonds is 6. The first kappa shape index (κ1) is 10.2. The first-order chi connectivity index (χ1) is 5.27. The minimum Gasteiger partial charge on any atom is -0.480 e. The molecule has 0 aromatic rings. The van der Waals surface area contributed by atoms with Gasteiger partial charge in [0, 0.05) is 0 Å². The molecule has 0 rings (SSSR count). The summed E-state index contributed by atoms with van der Waals surface area (Å²) in [4.78, 5) is 9.94. The van der Waals surface area contributed by atoms with E-state index in [0.29, 0.717) is 6.61 Å². The zero-order valence-corrected chi connectivity index (χ0v) is 6.75. The molecule has 0 aliphatic carbocycles. The Labute approximate surface area is 66.7 Å². The maximum absolute atomic E-state index is 9.94. The van der Waals surface area contributed by atoms with Crippen LogP contribution in [0.3, 0.4) is 0 Å². The minimum absolute atomic E-state index is 0.212. The van der Waals surface area contributed by atoms with Crippen molar-refractivity contribution in [1.29, 1.82) is 0 Å². The molecule has 0 aliphatic heterocycles. The number of ether oxygens (including phenoxy) is 1. The molecule has 0 bridgehead atoms. The van der Waals surface area contributed by atoms with E-state index in [1.807, 2.05) is 12.2 Å². The van der Waals surface area contributed by atoms with Crippen molar-refractivity contribution in [2.45, 2.75) is 19.8 Å². The van der Waals surface area contributed by atoms with E-state index < -0.39 is 5.97 Å². The third-order valence-corrected chi connectivity index (χ3v) is 1.06. The van der Waals surface area contributed by atoms with E-state index in [1.54, 1.807) is 0 Å². The highest BCUT2D eigenvalue weighted by atomic mass is 16.5. The maximum Gasteiger partial charge on any atom is 0.329 e. The van der Waals surface area contributed by atoms with Crippen LogP contribution in [0.25, 0.3) is 0 Å². The summed E-state index contributed by atoms with van der Waals surface area (Å²) in [6.45, 7) is 2.27. The Bertz CT molecular complexity index is 129. The fraction of sp³-hybridized carbons (Fsp3) is 0.625. The van der Waals surface area contributed by atoms with Gasteiger partial charge in [-0.1, -0.05) is 25.5 Å². The molecule has 3 heteroatoms. The average molecular weight is 158 g/mol. The molecule has 0 fully saturated rings. The topological polar surface area (TPSA) is 46.5 Å². The number of allylic oxidation sites excluding steroid dienone is 1. The summed E-state index contributed by atoms with van der Waals surface area (Å²) in [5.41, 5.74) is 0. The van der Waals surface area contributed by atoms with E-state index in [-0.39, 0.29) is 6.61 Å². The Morgan fingerprint density at radius 1 is 1.55 bits per heavy atom. The smallest absolute Gasteiger partial charge is 0.329 e. The second kappa shape index (κ2) is 7.28. The molecule has 0 atom stereocenters. The lowest BCUT2D eigenvalue weighted by atomic mass is 10.3. The fourth-order valence-corrected chi connectivity index (χ4v) is 0.567. The molecule has 0 saturated heterocycles. The molecule has 0 spiro atoms. The standard InChI is InChI=1S/C8H14O3/c1-2-3-4-5-6-11-7-8(9)10/h4-5H,2-3,6-7H2,1H3,(H,9,10)/b5-4+. The Morgan fingerprint density at radius 3 is 2.82 bits per heavy atom. The van der Waals surface area contributed by atoms with Crippen LogP contribution in [0.5, 0.6) is 0 Å². The Kier molecular flexibility index (Phi) is 6.73. The lowest BCUT2D eigenvalue weighted by Crippen LogP contribution is -2.06. The van der Waals surface area contributed by atoms with Crippen molar-refractivity contribution in [2.24, 2.45) is 0 Å². The van der Waals surface area contributed by atoms with Crippen molar-refractivity contribution in [3.63, 3.8) is 0 Å². The molecule has 3 nitrogen and oxygen atoms in total. The summed E-state index contributed by atoms with van der Waals surface area (Å²) in [6.07, 6.45) is 5.96. The van der Waals surface area contributed by atoms with Crippen LogP contribution in [0.4, 0.5) is 0 Å². The summed E-state index contributed by atoms with van der Waals surface area (Å²) in [5, 5.41) is 8.17. The highest BCUT2D eigenvalue weighted by Crippen LogP contribution is 1.88. The van der Waals surface area contributed by atoms with Gasteiger partial charge in [-0.05, 0) is 6.42 Å². The van der Waals surface area contributed by atoms with Gasteiger partial charge >= 0.3 is 5.97 Å². The minimum atomic E-state index is -0.922. The van der Waals surface area contributed by atoms with Crippen LogP contribution in [0.1, 0.15) is 19.8 Å². The number of hydrogen-bond acceptors (Lipinski definition) is 2. The van der Waals surface area contributed by atoms with Gasteiger partial charge in [0.1, 0.15) is 6.61 Å².